The smallest absolute Gasteiger partial charge is 0.270 e. The van der Waals surface area contributed by atoms with Crippen LogP contribution in [0, 0.1) is 5.92 Å². The summed E-state index contributed by atoms with van der Waals surface area (Å²) in [5, 5.41) is 0.809. The van der Waals surface area contributed by atoms with Gasteiger partial charge in [-0.05, 0) is 24.8 Å². The summed E-state index contributed by atoms with van der Waals surface area (Å²) in [7, 11) is 4.76. The zero-order chi connectivity index (χ0) is 17.3. The van der Waals surface area contributed by atoms with E-state index in [1.165, 1.54) is 0 Å². The van der Waals surface area contributed by atoms with Gasteiger partial charge in [0.1, 0.15) is 11.4 Å². The zero-order valence-electron chi connectivity index (χ0n) is 14.6. The van der Waals surface area contributed by atoms with Crippen molar-refractivity contribution in [3.8, 4) is 17.2 Å². The molecule has 1 fully saturated rings. The van der Waals surface area contributed by atoms with E-state index in [0.29, 0.717) is 34.4 Å². The Labute approximate surface area is 141 Å². The number of piperidine rings is 1. The van der Waals surface area contributed by atoms with Gasteiger partial charge in [0.25, 0.3) is 5.91 Å². The van der Waals surface area contributed by atoms with E-state index in [1.54, 1.807) is 27.4 Å². The molecule has 1 aromatic carbocycles. The second-order valence-corrected chi connectivity index (χ2v) is 6.26. The number of methoxy groups -OCH3 is 3. The van der Waals surface area contributed by atoms with Gasteiger partial charge >= 0.3 is 0 Å². The number of carbonyl (C=O) groups is 1. The molecule has 0 unspecified atom stereocenters. The maximum atomic E-state index is 12.8. The first-order chi connectivity index (χ1) is 11.6. The van der Waals surface area contributed by atoms with E-state index in [-0.39, 0.29) is 5.91 Å². The first-order valence-electron chi connectivity index (χ1n) is 8.20. The van der Waals surface area contributed by atoms with Crippen LogP contribution in [0.1, 0.15) is 30.3 Å². The lowest BCUT2D eigenvalue weighted by Crippen LogP contribution is -2.38. The normalized spacial score (nSPS) is 15.6. The second kappa shape index (κ2) is 6.63. The van der Waals surface area contributed by atoms with Crippen LogP contribution < -0.4 is 14.2 Å². The molecule has 24 heavy (non-hydrogen) atoms. The Kier molecular flexibility index (Phi) is 4.55. The number of likely N-dealkylation sites (tertiary alicyclic amines) is 1. The lowest BCUT2D eigenvalue weighted by Gasteiger charge is -2.29. The number of amides is 1. The summed E-state index contributed by atoms with van der Waals surface area (Å²) < 4.78 is 16.3. The quantitative estimate of drug-likeness (QED) is 0.934. The molecule has 2 aromatic rings. The largest absolute Gasteiger partial charge is 0.496 e. The first kappa shape index (κ1) is 16.5. The SMILES string of the molecule is COc1cc(OC)c2cc(C(=O)N3CCC(C)CC3)[nH]c2c1OC. The van der Waals surface area contributed by atoms with Crippen molar-refractivity contribution in [2.75, 3.05) is 34.4 Å². The van der Waals surface area contributed by atoms with Gasteiger partial charge in [0.05, 0.1) is 26.8 Å². The van der Waals surface area contributed by atoms with Gasteiger partial charge in [-0.2, -0.15) is 0 Å². The zero-order valence-corrected chi connectivity index (χ0v) is 14.6. The van der Waals surface area contributed by atoms with Gasteiger partial charge in [-0.3, -0.25) is 4.79 Å². The third kappa shape index (κ3) is 2.77. The maximum Gasteiger partial charge on any atom is 0.270 e. The molecule has 0 bridgehead atoms. The third-order valence-corrected chi connectivity index (χ3v) is 4.74. The van der Waals surface area contributed by atoms with Gasteiger partial charge in [-0.25, -0.2) is 0 Å². The third-order valence-electron chi connectivity index (χ3n) is 4.74. The number of nitrogens with one attached hydrogen (secondary N) is 1. The van der Waals surface area contributed by atoms with E-state index in [9.17, 15) is 4.79 Å². The minimum absolute atomic E-state index is 0.0150. The molecule has 2 heterocycles. The van der Waals surface area contributed by atoms with Crippen LogP contribution in [0.25, 0.3) is 10.9 Å². The molecule has 1 N–H and O–H groups in total. The van der Waals surface area contributed by atoms with Crippen LogP contribution in [0.4, 0.5) is 0 Å². The van der Waals surface area contributed by atoms with E-state index >= 15 is 0 Å². The van der Waals surface area contributed by atoms with Gasteiger partial charge in [-0.15, -0.1) is 0 Å². The number of fused-ring (bicyclic) bond motifs is 1. The van der Waals surface area contributed by atoms with Gasteiger partial charge in [0.15, 0.2) is 11.5 Å². The molecular formula is C18H24N2O4. The molecule has 0 radical (unpaired) electrons. The number of ether oxygens (including phenoxy) is 3. The van der Waals surface area contributed by atoms with Gasteiger partial charge in [0, 0.05) is 24.5 Å². The number of H-pyrrole nitrogens is 1. The fourth-order valence-electron chi connectivity index (χ4n) is 3.23. The predicted octanol–water partition coefficient (Wildman–Crippen LogP) is 3.07. The number of hydrogen-bond donors (Lipinski definition) is 1. The molecule has 6 heteroatoms. The lowest BCUT2D eigenvalue weighted by atomic mass is 9.99. The highest BCUT2D eigenvalue weighted by molar-refractivity contribution is 6.02. The number of aromatic amines is 1. The van der Waals surface area contributed by atoms with Crippen LogP contribution in [-0.2, 0) is 0 Å². The summed E-state index contributed by atoms with van der Waals surface area (Å²) in [6.07, 6.45) is 2.10. The molecule has 3 rings (SSSR count). The van der Waals surface area contributed by atoms with Crippen LogP contribution in [0.15, 0.2) is 12.1 Å². The minimum atomic E-state index is 0.0150. The van der Waals surface area contributed by atoms with E-state index in [2.05, 4.69) is 11.9 Å². The fraction of sp³-hybridized carbons (Fsp3) is 0.500. The van der Waals surface area contributed by atoms with Crippen LogP contribution in [0.3, 0.4) is 0 Å². The Bertz CT molecular complexity index is 745. The van der Waals surface area contributed by atoms with Crippen LogP contribution >= 0.6 is 0 Å². The highest BCUT2D eigenvalue weighted by atomic mass is 16.5. The molecule has 1 saturated heterocycles. The molecule has 6 nitrogen and oxygen atoms in total. The second-order valence-electron chi connectivity index (χ2n) is 6.26. The van der Waals surface area contributed by atoms with Crippen molar-refractivity contribution in [3.05, 3.63) is 17.8 Å². The van der Waals surface area contributed by atoms with Crippen LogP contribution in [-0.4, -0.2) is 50.2 Å². The molecular weight excluding hydrogens is 308 g/mol. The van der Waals surface area contributed by atoms with Gasteiger partial charge < -0.3 is 24.1 Å². The molecule has 0 aliphatic carbocycles. The monoisotopic (exact) mass is 332 g/mol. The van der Waals surface area contributed by atoms with Gasteiger partial charge in [-0.1, -0.05) is 6.92 Å². The summed E-state index contributed by atoms with van der Waals surface area (Å²) in [5.74, 6) is 2.47. The number of nitrogens with zero attached hydrogens (tertiary/aromatic N) is 1. The van der Waals surface area contributed by atoms with Crippen molar-refractivity contribution in [2.45, 2.75) is 19.8 Å². The first-order valence-corrected chi connectivity index (χ1v) is 8.20. The van der Waals surface area contributed by atoms with Gasteiger partial charge in [0.2, 0.25) is 0 Å². The fourth-order valence-corrected chi connectivity index (χ4v) is 3.23. The number of aromatic nitrogens is 1. The molecule has 0 spiro atoms. The molecule has 1 aliphatic heterocycles. The Balaban J connectivity index is 2.02. The molecule has 1 aromatic heterocycles. The van der Waals surface area contributed by atoms with E-state index in [4.69, 9.17) is 14.2 Å². The van der Waals surface area contributed by atoms with Crippen molar-refractivity contribution in [1.29, 1.82) is 0 Å². The predicted molar refractivity (Wildman–Crippen MR) is 92.3 cm³/mol. The van der Waals surface area contributed by atoms with E-state index < -0.39 is 0 Å². The van der Waals surface area contributed by atoms with E-state index in [1.807, 2.05) is 11.0 Å². The summed E-state index contributed by atoms with van der Waals surface area (Å²) in [6.45, 7) is 3.83. The molecule has 1 aliphatic rings. The molecule has 130 valence electrons. The van der Waals surface area contributed by atoms with Crippen molar-refractivity contribution in [2.24, 2.45) is 5.92 Å². The van der Waals surface area contributed by atoms with Crippen molar-refractivity contribution in [1.82, 2.24) is 9.88 Å². The highest BCUT2D eigenvalue weighted by Crippen LogP contribution is 2.41. The topological polar surface area (TPSA) is 63.8 Å². The Hall–Kier alpha value is -2.37. The average molecular weight is 332 g/mol. The number of rotatable bonds is 4. The highest BCUT2D eigenvalue weighted by Gasteiger charge is 2.25. The minimum Gasteiger partial charge on any atom is -0.496 e. The summed E-state index contributed by atoms with van der Waals surface area (Å²) in [4.78, 5) is 17.9. The van der Waals surface area contributed by atoms with Crippen molar-refractivity contribution in [3.63, 3.8) is 0 Å². The maximum absolute atomic E-state index is 12.8. The summed E-state index contributed by atoms with van der Waals surface area (Å²) >= 11 is 0. The average Bonchev–Trinajstić information content (AvgIpc) is 3.05. The molecule has 1 amide bonds. The summed E-state index contributed by atoms with van der Waals surface area (Å²) in [5.41, 5.74) is 1.26. The Morgan fingerprint density at radius 1 is 1.08 bits per heavy atom. The van der Waals surface area contributed by atoms with Crippen LogP contribution in [0.5, 0.6) is 17.2 Å². The van der Waals surface area contributed by atoms with Crippen LogP contribution in [0.2, 0.25) is 0 Å². The number of hydrogen-bond acceptors (Lipinski definition) is 4. The lowest BCUT2D eigenvalue weighted by molar-refractivity contribution is 0.0692. The standard InChI is InChI=1S/C18H24N2O4/c1-11-5-7-20(8-6-11)18(21)13-9-12-14(22-2)10-15(23-3)17(24-4)16(12)19-13/h9-11,19H,5-8H2,1-4H3. The summed E-state index contributed by atoms with van der Waals surface area (Å²) in [6, 6.07) is 3.60. The number of benzene rings is 1. The Morgan fingerprint density at radius 3 is 2.33 bits per heavy atom. The van der Waals surface area contributed by atoms with E-state index in [0.717, 1.165) is 31.3 Å². The Morgan fingerprint density at radius 2 is 1.75 bits per heavy atom. The van der Waals surface area contributed by atoms with Crippen molar-refractivity contribution >= 4 is 16.8 Å². The number of carbonyl (C=O) groups excluding carboxylic acids is 1. The molecule has 0 saturated carbocycles. The molecule has 0 atom stereocenters. The van der Waals surface area contributed by atoms with Crippen molar-refractivity contribution < 1.29 is 19.0 Å².